The van der Waals surface area contributed by atoms with E-state index in [4.69, 9.17) is 16.3 Å². The Morgan fingerprint density at radius 2 is 1.91 bits per heavy atom. The number of hydrogen-bond acceptors (Lipinski definition) is 9. The van der Waals surface area contributed by atoms with Gasteiger partial charge in [0, 0.05) is 36.1 Å². The highest BCUT2D eigenvalue weighted by Gasteiger charge is 2.20. The molecule has 0 atom stereocenters. The van der Waals surface area contributed by atoms with Crippen molar-refractivity contribution in [3.8, 4) is 16.9 Å². The van der Waals surface area contributed by atoms with E-state index >= 15 is 0 Å². The highest BCUT2D eigenvalue weighted by atomic mass is 35.5. The minimum Gasteiger partial charge on any atom is -0.494 e. The number of nitrogens with one attached hydrogen (secondary N) is 1. The zero-order valence-electron chi connectivity index (χ0n) is 18.0. The summed E-state index contributed by atoms with van der Waals surface area (Å²) in [5.41, 5.74) is 3.05. The van der Waals surface area contributed by atoms with E-state index in [0.29, 0.717) is 44.2 Å². The lowest BCUT2D eigenvalue weighted by Crippen LogP contribution is -2.20. The van der Waals surface area contributed by atoms with E-state index in [1.807, 2.05) is 13.0 Å². The summed E-state index contributed by atoms with van der Waals surface area (Å²) >= 11 is 7.43. The van der Waals surface area contributed by atoms with Crippen molar-refractivity contribution >= 4 is 50.3 Å². The minimum absolute atomic E-state index is 0.296. The molecule has 0 saturated carbocycles. The van der Waals surface area contributed by atoms with Crippen molar-refractivity contribution in [1.29, 1.82) is 0 Å². The summed E-state index contributed by atoms with van der Waals surface area (Å²) in [5, 5.41) is 3.61. The molecule has 0 bridgehead atoms. The predicted octanol–water partition coefficient (Wildman–Crippen LogP) is 4.37. The van der Waals surface area contributed by atoms with Gasteiger partial charge in [0.05, 0.1) is 25.1 Å². The SMILES string of the molecule is COc1cnc(Cl)cc1-c1cc(C)ncc1C(=O)Nc1nc2cnc(N3CCCC3)nc2s1. The van der Waals surface area contributed by atoms with E-state index in [0.717, 1.165) is 36.5 Å². The van der Waals surface area contributed by atoms with Gasteiger partial charge in [-0.15, -0.1) is 0 Å². The molecular formula is C22H20ClN7O2S. The van der Waals surface area contributed by atoms with Crippen molar-refractivity contribution < 1.29 is 9.53 Å². The van der Waals surface area contributed by atoms with Crippen LogP contribution >= 0.6 is 22.9 Å². The average molecular weight is 482 g/mol. The number of aromatic nitrogens is 5. The molecule has 1 amide bonds. The number of halogens is 1. The molecular weight excluding hydrogens is 462 g/mol. The summed E-state index contributed by atoms with van der Waals surface area (Å²) in [4.78, 5) is 38.0. The third-order valence-electron chi connectivity index (χ3n) is 5.38. The van der Waals surface area contributed by atoms with Gasteiger partial charge in [0.2, 0.25) is 5.95 Å². The largest absolute Gasteiger partial charge is 0.494 e. The Morgan fingerprint density at radius 3 is 2.70 bits per heavy atom. The topological polar surface area (TPSA) is 106 Å². The molecule has 1 saturated heterocycles. The monoisotopic (exact) mass is 481 g/mol. The molecule has 11 heteroatoms. The van der Waals surface area contributed by atoms with E-state index < -0.39 is 0 Å². The molecule has 5 heterocycles. The average Bonchev–Trinajstić information content (AvgIpc) is 3.48. The molecule has 5 rings (SSSR count). The van der Waals surface area contributed by atoms with Crippen LogP contribution in [0.1, 0.15) is 28.9 Å². The third kappa shape index (κ3) is 4.31. The van der Waals surface area contributed by atoms with Crippen molar-refractivity contribution in [1.82, 2.24) is 24.9 Å². The van der Waals surface area contributed by atoms with Crippen molar-refractivity contribution in [3.63, 3.8) is 0 Å². The fourth-order valence-electron chi connectivity index (χ4n) is 3.77. The minimum atomic E-state index is -0.348. The quantitative estimate of drug-likeness (QED) is 0.419. The maximum Gasteiger partial charge on any atom is 0.259 e. The number of pyridine rings is 2. The van der Waals surface area contributed by atoms with Gasteiger partial charge in [0.25, 0.3) is 5.91 Å². The van der Waals surface area contributed by atoms with E-state index in [1.54, 1.807) is 19.4 Å². The summed E-state index contributed by atoms with van der Waals surface area (Å²) in [7, 11) is 1.54. The van der Waals surface area contributed by atoms with Crippen molar-refractivity contribution in [2.45, 2.75) is 19.8 Å². The zero-order valence-corrected chi connectivity index (χ0v) is 19.6. The van der Waals surface area contributed by atoms with E-state index in [9.17, 15) is 4.79 Å². The molecule has 9 nitrogen and oxygen atoms in total. The van der Waals surface area contributed by atoms with E-state index in [-0.39, 0.29) is 5.91 Å². The van der Waals surface area contributed by atoms with Crippen molar-refractivity contribution in [3.05, 3.63) is 47.1 Å². The third-order valence-corrected chi connectivity index (χ3v) is 6.46. The van der Waals surface area contributed by atoms with Crippen LogP contribution in [0, 0.1) is 6.92 Å². The van der Waals surface area contributed by atoms with Gasteiger partial charge in [-0.2, -0.15) is 4.98 Å². The van der Waals surface area contributed by atoms with Crippen LogP contribution in [0.3, 0.4) is 0 Å². The predicted molar refractivity (Wildman–Crippen MR) is 128 cm³/mol. The number of aryl methyl sites for hydroxylation is 1. The molecule has 0 unspecified atom stereocenters. The smallest absolute Gasteiger partial charge is 0.259 e. The Hall–Kier alpha value is -3.37. The highest BCUT2D eigenvalue weighted by Crippen LogP contribution is 2.34. The second-order valence-electron chi connectivity index (χ2n) is 7.61. The van der Waals surface area contributed by atoms with Gasteiger partial charge in [-0.1, -0.05) is 22.9 Å². The standard InChI is InChI=1S/C22H20ClN7O2S/c1-12-7-13(14-8-18(23)25-11-17(14)32-2)15(9-24-12)19(31)28-22-27-16-10-26-21(29-20(16)33-22)30-5-3-4-6-30/h7-11H,3-6H2,1-2H3,(H,27,28,31). The number of thiazole rings is 1. The van der Waals surface area contributed by atoms with Crippen LogP contribution in [0.2, 0.25) is 5.15 Å². The Morgan fingerprint density at radius 1 is 1.09 bits per heavy atom. The highest BCUT2D eigenvalue weighted by molar-refractivity contribution is 7.22. The molecule has 1 fully saturated rings. The van der Waals surface area contributed by atoms with Gasteiger partial charge in [-0.3, -0.25) is 15.1 Å². The van der Waals surface area contributed by atoms with Crippen molar-refractivity contribution in [2.75, 3.05) is 30.4 Å². The Bertz CT molecular complexity index is 1350. The number of carbonyl (C=O) groups is 1. The number of carbonyl (C=O) groups excluding carboxylic acids is 1. The Kier molecular flexibility index (Phi) is 5.77. The van der Waals surface area contributed by atoms with Crippen LogP contribution in [0.15, 0.2) is 30.7 Å². The lowest BCUT2D eigenvalue weighted by Gasteiger charge is -2.13. The van der Waals surface area contributed by atoms with E-state index in [2.05, 4.69) is 35.1 Å². The second kappa shape index (κ2) is 8.87. The fraction of sp³-hybridized carbons (Fsp3) is 0.273. The molecule has 1 aliphatic heterocycles. The maximum absolute atomic E-state index is 13.2. The zero-order chi connectivity index (χ0) is 22.9. The first-order valence-electron chi connectivity index (χ1n) is 10.4. The van der Waals surface area contributed by atoms with Gasteiger partial charge in [0.15, 0.2) is 9.96 Å². The number of hydrogen-bond donors (Lipinski definition) is 1. The van der Waals surface area contributed by atoms with Crippen LogP contribution in [0.5, 0.6) is 5.75 Å². The molecule has 0 aliphatic carbocycles. The van der Waals surface area contributed by atoms with Gasteiger partial charge >= 0.3 is 0 Å². The number of ether oxygens (including phenoxy) is 1. The molecule has 0 aromatic carbocycles. The first-order valence-corrected chi connectivity index (χ1v) is 11.6. The molecule has 4 aromatic rings. The van der Waals surface area contributed by atoms with Crippen molar-refractivity contribution in [2.24, 2.45) is 0 Å². The number of nitrogens with zero attached hydrogens (tertiary/aromatic N) is 6. The van der Waals surface area contributed by atoms with Crippen LogP contribution < -0.4 is 15.0 Å². The van der Waals surface area contributed by atoms with E-state index in [1.165, 1.54) is 23.7 Å². The maximum atomic E-state index is 13.2. The number of anilines is 2. The van der Waals surface area contributed by atoms with Crippen LogP contribution in [-0.4, -0.2) is 51.0 Å². The second-order valence-corrected chi connectivity index (χ2v) is 8.97. The lowest BCUT2D eigenvalue weighted by molar-refractivity contribution is 0.102. The molecule has 33 heavy (non-hydrogen) atoms. The number of rotatable bonds is 5. The molecule has 0 spiro atoms. The van der Waals surface area contributed by atoms with Gasteiger partial charge < -0.3 is 9.64 Å². The summed E-state index contributed by atoms with van der Waals surface area (Å²) in [6.07, 6.45) is 7.05. The first kappa shape index (κ1) is 21.5. The molecule has 168 valence electrons. The lowest BCUT2D eigenvalue weighted by atomic mass is 10.0. The first-order chi connectivity index (χ1) is 16.0. The summed E-state index contributed by atoms with van der Waals surface area (Å²) < 4.78 is 5.44. The fourth-order valence-corrected chi connectivity index (χ4v) is 4.73. The Balaban J connectivity index is 1.47. The normalized spacial score (nSPS) is 13.5. The number of methoxy groups -OCH3 is 1. The Labute approximate surface area is 198 Å². The molecule has 4 aromatic heterocycles. The van der Waals surface area contributed by atoms with Gasteiger partial charge in [0.1, 0.15) is 16.4 Å². The van der Waals surface area contributed by atoms with Gasteiger partial charge in [-0.25, -0.2) is 15.0 Å². The number of amides is 1. The summed E-state index contributed by atoms with van der Waals surface area (Å²) in [5.74, 6) is 0.858. The van der Waals surface area contributed by atoms with Crippen LogP contribution in [0.4, 0.5) is 11.1 Å². The molecule has 0 radical (unpaired) electrons. The molecule has 1 N–H and O–H groups in total. The number of fused-ring (bicyclic) bond motifs is 1. The summed E-state index contributed by atoms with van der Waals surface area (Å²) in [6.45, 7) is 3.77. The summed E-state index contributed by atoms with van der Waals surface area (Å²) in [6, 6.07) is 3.48. The van der Waals surface area contributed by atoms with Crippen LogP contribution in [-0.2, 0) is 0 Å². The van der Waals surface area contributed by atoms with Gasteiger partial charge in [-0.05, 0) is 31.9 Å². The molecule has 1 aliphatic rings. The van der Waals surface area contributed by atoms with Crippen LogP contribution in [0.25, 0.3) is 21.5 Å².